The average Bonchev–Trinajstić information content (AvgIpc) is 2.67. The number of aryl methyl sites for hydroxylation is 1. The number of halogens is 1. The lowest BCUT2D eigenvalue weighted by molar-refractivity contribution is 0.102. The molecule has 1 heterocycles. The summed E-state index contributed by atoms with van der Waals surface area (Å²) in [4.78, 5) is 11.7. The molecule has 0 radical (unpaired) electrons. The molecule has 0 bridgehead atoms. The number of aromatic nitrogens is 2. The Morgan fingerprint density at radius 2 is 2.24 bits per heavy atom. The molecule has 0 spiro atoms. The SMILES string of the molecule is Cn1ccc(NC(=O)c2cc(N)ccc2F)n1. The third-order valence-corrected chi connectivity index (χ3v) is 2.19. The van der Waals surface area contributed by atoms with Crippen LogP contribution in [0.5, 0.6) is 0 Å². The molecule has 6 heteroatoms. The van der Waals surface area contributed by atoms with Gasteiger partial charge >= 0.3 is 0 Å². The number of nitrogens with zero attached hydrogens (tertiary/aromatic N) is 2. The molecule has 2 rings (SSSR count). The van der Waals surface area contributed by atoms with Gasteiger partial charge in [-0.2, -0.15) is 5.10 Å². The van der Waals surface area contributed by atoms with Crippen molar-refractivity contribution in [2.75, 3.05) is 11.1 Å². The zero-order valence-corrected chi connectivity index (χ0v) is 9.14. The first-order chi connectivity index (χ1) is 8.06. The highest BCUT2D eigenvalue weighted by Gasteiger charge is 2.13. The zero-order valence-electron chi connectivity index (χ0n) is 9.14. The molecular formula is C11H11FN4O. The maximum Gasteiger partial charge on any atom is 0.259 e. The molecule has 1 aromatic heterocycles. The van der Waals surface area contributed by atoms with E-state index in [0.29, 0.717) is 11.5 Å². The molecule has 5 nitrogen and oxygen atoms in total. The van der Waals surface area contributed by atoms with E-state index in [4.69, 9.17) is 5.73 Å². The van der Waals surface area contributed by atoms with Gasteiger partial charge in [-0.05, 0) is 18.2 Å². The molecule has 1 amide bonds. The Balaban J connectivity index is 2.22. The maximum atomic E-state index is 13.4. The van der Waals surface area contributed by atoms with E-state index in [-0.39, 0.29) is 5.56 Å². The fourth-order valence-electron chi connectivity index (χ4n) is 1.38. The molecule has 0 unspecified atom stereocenters. The van der Waals surface area contributed by atoms with Crippen LogP contribution in [-0.4, -0.2) is 15.7 Å². The number of nitrogens with two attached hydrogens (primary N) is 1. The van der Waals surface area contributed by atoms with Gasteiger partial charge in [0, 0.05) is 25.0 Å². The summed E-state index contributed by atoms with van der Waals surface area (Å²) < 4.78 is 14.9. The topological polar surface area (TPSA) is 72.9 Å². The summed E-state index contributed by atoms with van der Waals surface area (Å²) in [5.74, 6) is -0.833. The highest BCUT2D eigenvalue weighted by Crippen LogP contribution is 2.13. The van der Waals surface area contributed by atoms with Gasteiger partial charge in [0.15, 0.2) is 5.82 Å². The molecule has 0 aliphatic heterocycles. The van der Waals surface area contributed by atoms with E-state index in [1.54, 1.807) is 19.3 Å². The number of nitrogen functional groups attached to an aromatic ring is 1. The molecule has 0 saturated heterocycles. The van der Waals surface area contributed by atoms with Gasteiger partial charge in [0.05, 0.1) is 5.56 Å². The van der Waals surface area contributed by atoms with Crippen molar-refractivity contribution in [3.63, 3.8) is 0 Å². The van der Waals surface area contributed by atoms with Crippen LogP contribution in [0.2, 0.25) is 0 Å². The van der Waals surface area contributed by atoms with E-state index >= 15 is 0 Å². The van der Waals surface area contributed by atoms with E-state index in [0.717, 1.165) is 6.07 Å². The number of nitrogens with one attached hydrogen (secondary N) is 1. The van der Waals surface area contributed by atoms with E-state index in [2.05, 4.69) is 10.4 Å². The number of hydrogen-bond donors (Lipinski definition) is 2. The van der Waals surface area contributed by atoms with E-state index in [1.165, 1.54) is 16.8 Å². The lowest BCUT2D eigenvalue weighted by Gasteiger charge is -2.04. The average molecular weight is 234 g/mol. The summed E-state index contributed by atoms with van der Waals surface area (Å²) in [7, 11) is 1.72. The van der Waals surface area contributed by atoms with Crippen LogP contribution in [0.25, 0.3) is 0 Å². The molecule has 17 heavy (non-hydrogen) atoms. The minimum Gasteiger partial charge on any atom is -0.399 e. The second-order valence-corrected chi connectivity index (χ2v) is 3.57. The second kappa shape index (κ2) is 4.25. The molecular weight excluding hydrogens is 223 g/mol. The van der Waals surface area contributed by atoms with Gasteiger partial charge in [-0.15, -0.1) is 0 Å². The van der Waals surface area contributed by atoms with Crippen molar-refractivity contribution in [3.05, 3.63) is 41.8 Å². The van der Waals surface area contributed by atoms with Gasteiger partial charge in [-0.1, -0.05) is 0 Å². The first-order valence-corrected chi connectivity index (χ1v) is 4.92. The summed E-state index contributed by atoms with van der Waals surface area (Å²) in [6.45, 7) is 0. The van der Waals surface area contributed by atoms with Gasteiger partial charge < -0.3 is 11.1 Å². The van der Waals surface area contributed by atoms with Crippen molar-refractivity contribution in [2.24, 2.45) is 7.05 Å². The van der Waals surface area contributed by atoms with Crippen LogP contribution >= 0.6 is 0 Å². The zero-order chi connectivity index (χ0) is 12.4. The molecule has 0 atom stereocenters. The Morgan fingerprint density at radius 3 is 2.88 bits per heavy atom. The lowest BCUT2D eigenvalue weighted by atomic mass is 10.2. The number of carbonyl (C=O) groups is 1. The van der Waals surface area contributed by atoms with Crippen molar-refractivity contribution < 1.29 is 9.18 Å². The fraction of sp³-hybridized carbons (Fsp3) is 0.0909. The minimum absolute atomic E-state index is 0.101. The maximum absolute atomic E-state index is 13.4. The molecule has 88 valence electrons. The van der Waals surface area contributed by atoms with E-state index in [9.17, 15) is 9.18 Å². The lowest BCUT2D eigenvalue weighted by Crippen LogP contribution is -2.14. The van der Waals surface area contributed by atoms with Crippen molar-refractivity contribution >= 4 is 17.4 Å². The summed E-state index contributed by atoms with van der Waals surface area (Å²) in [5.41, 5.74) is 5.73. The van der Waals surface area contributed by atoms with Gasteiger partial charge in [0.25, 0.3) is 5.91 Å². The number of carbonyl (C=O) groups excluding carboxylic acids is 1. The van der Waals surface area contributed by atoms with Gasteiger partial charge in [-0.25, -0.2) is 4.39 Å². The minimum atomic E-state index is -0.618. The van der Waals surface area contributed by atoms with Crippen molar-refractivity contribution in [2.45, 2.75) is 0 Å². The van der Waals surface area contributed by atoms with Crippen molar-refractivity contribution in [1.29, 1.82) is 0 Å². The Bertz CT molecular complexity index is 564. The monoisotopic (exact) mass is 234 g/mol. The number of hydrogen-bond acceptors (Lipinski definition) is 3. The van der Waals surface area contributed by atoms with Crippen molar-refractivity contribution in [3.8, 4) is 0 Å². The second-order valence-electron chi connectivity index (χ2n) is 3.57. The highest BCUT2D eigenvalue weighted by atomic mass is 19.1. The number of amides is 1. The predicted molar refractivity (Wildman–Crippen MR) is 62.0 cm³/mol. The smallest absolute Gasteiger partial charge is 0.259 e. The van der Waals surface area contributed by atoms with Crippen molar-refractivity contribution in [1.82, 2.24) is 9.78 Å². The third-order valence-electron chi connectivity index (χ3n) is 2.19. The van der Waals surface area contributed by atoms with Gasteiger partial charge in [-0.3, -0.25) is 9.48 Å². The standard InChI is InChI=1S/C11H11FN4O/c1-16-5-4-10(15-16)14-11(17)8-6-7(13)2-3-9(8)12/h2-6H,13H2,1H3,(H,14,15,17). The molecule has 0 aliphatic carbocycles. The third kappa shape index (κ3) is 2.41. The van der Waals surface area contributed by atoms with Crippen LogP contribution in [0.1, 0.15) is 10.4 Å². The Kier molecular flexibility index (Phi) is 2.78. The largest absolute Gasteiger partial charge is 0.399 e. The van der Waals surface area contributed by atoms with Gasteiger partial charge in [0.2, 0.25) is 0 Å². The van der Waals surface area contributed by atoms with Crippen LogP contribution < -0.4 is 11.1 Å². The molecule has 0 fully saturated rings. The summed E-state index contributed by atoms with van der Waals surface area (Å²) in [5, 5.41) is 6.44. The summed E-state index contributed by atoms with van der Waals surface area (Å²) >= 11 is 0. The normalized spacial score (nSPS) is 10.2. The summed E-state index contributed by atoms with van der Waals surface area (Å²) in [6.07, 6.45) is 1.67. The number of benzene rings is 1. The molecule has 2 aromatic rings. The van der Waals surface area contributed by atoms with Crippen LogP contribution in [0, 0.1) is 5.82 Å². The molecule has 3 N–H and O–H groups in total. The molecule has 0 saturated carbocycles. The number of rotatable bonds is 2. The first kappa shape index (κ1) is 11.1. The highest BCUT2D eigenvalue weighted by molar-refractivity contribution is 6.04. The quantitative estimate of drug-likeness (QED) is 0.771. The van der Waals surface area contributed by atoms with Gasteiger partial charge in [0.1, 0.15) is 5.82 Å². The van der Waals surface area contributed by atoms with Crippen LogP contribution in [0.4, 0.5) is 15.9 Å². The first-order valence-electron chi connectivity index (χ1n) is 4.92. The Hall–Kier alpha value is -2.37. The van der Waals surface area contributed by atoms with Crippen LogP contribution in [-0.2, 0) is 7.05 Å². The fourth-order valence-corrected chi connectivity index (χ4v) is 1.38. The summed E-state index contributed by atoms with van der Waals surface area (Å²) in [6, 6.07) is 5.45. The molecule has 1 aromatic carbocycles. The Labute approximate surface area is 97.0 Å². The predicted octanol–water partition coefficient (Wildman–Crippen LogP) is 1.39. The Morgan fingerprint density at radius 1 is 1.47 bits per heavy atom. The van der Waals surface area contributed by atoms with Crippen LogP contribution in [0.15, 0.2) is 30.5 Å². The van der Waals surface area contributed by atoms with Crippen LogP contribution in [0.3, 0.4) is 0 Å². The van der Waals surface area contributed by atoms with E-state index < -0.39 is 11.7 Å². The molecule has 0 aliphatic rings. The number of anilines is 2. The van der Waals surface area contributed by atoms with E-state index in [1.807, 2.05) is 0 Å².